The Balaban J connectivity index is 1.91. The van der Waals surface area contributed by atoms with E-state index in [0.717, 1.165) is 17.7 Å². The summed E-state index contributed by atoms with van der Waals surface area (Å²) in [4.78, 5) is 11.6. The van der Waals surface area contributed by atoms with E-state index in [4.69, 9.17) is 5.26 Å². The Hall–Kier alpha value is -2.94. The molecule has 0 spiro atoms. The monoisotopic (exact) mass is 287 g/mol. The van der Waals surface area contributed by atoms with Crippen LogP contribution in [-0.2, 0) is 6.54 Å². The first-order valence-electron chi connectivity index (χ1n) is 6.07. The van der Waals surface area contributed by atoms with Gasteiger partial charge in [0.1, 0.15) is 11.6 Å². The standard InChI is InChI=1S/C15H11F2N3O/c16-12-5-6-14(13(17)7-12)20-15(21)19-9-11-3-1-10(8-18)2-4-11/h1-7H,9H2,(H2,19,20,21). The molecule has 2 rings (SSSR count). The van der Waals surface area contributed by atoms with Crippen LogP contribution in [0.25, 0.3) is 0 Å². The third-order valence-corrected chi connectivity index (χ3v) is 2.72. The molecule has 0 aliphatic heterocycles. The summed E-state index contributed by atoms with van der Waals surface area (Å²) in [5.41, 5.74) is 1.22. The summed E-state index contributed by atoms with van der Waals surface area (Å²) in [6.07, 6.45) is 0. The van der Waals surface area contributed by atoms with Gasteiger partial charge in [-0.05, 0) is 29.8 Å². The largest absolute Gasteiger partial charge is 0.334 e. The van der Waals surface area contributed by atoms with Crippen LogP contribution >= 0.6 is 0 Å². The Kier molecular flexibility index (Phi) is 4.46. The number of nitrogens with one attached hydrogen (secondary N) is 2. The molecule has 6 heteroatoms. The molecule has 0 fully saturated rings. The molecule has 4 nitrogen and oxygen atoms in total. The fraction of sp³-hybridized carbons (Fsp3) is 0.0667. The van der Waals surface area contributed by atoms with Crippen LogP contribution < -0.4 is 10.6 Å². The van der Waals surface area contributed by atoms with E-state index in [9.17, 15) is 13.6 Å². The third-order valence-electron chi connectivity index (χ3n) is 2.72. The van der Waals surface area contributed by atoms with Gasteiger partial charge >= 0.3 is 6.03 Å². The van der Waals surface area contributed by atoms with E-state index in [-0.39, 0.29) is 12.2 Å². The number of nitriles is 1. The predicted octanol–water partition coefficient (Wildman–Crippen LogP) is 3.16. The summed E-state index contributed by atoms with van der Waals surface area (Å²) >= 11 is 0. The number of hydrogen-bond acceptors (Lipinski definition) is 2. The van der Waals surface area contributed by atoms with Gasteiger partial charge < -0.3 is 10.6 Å². The molecule has 0 saturated heterocycles. The molecule has 2 aromatic carbocycles. The Morgan fingerprint density at radius 2 is 1.86 bits per heavy atom. The lowest BCUT2D eigenvalue weighted by atomic mass is 10.1. The molecule has 0 saturated carbocycles. The number of rotatable bonds is 3. The van der Waals surface area contributed by atoms with Crippen LogP contribution in [0.1, 0.15) is 11.1 Å². The zero-order valence-corrected chi connectivity index (χ0v) is 10.9. The van der Waals surface area contributed by atoms with E-state index < -0.39 is 17.7 Å². The van der Waals surface area contributed by atoms with Gasteiger partial charge in [-0.25, -0.2) is 13.6 Å². The second kappa shape index (κ2) is 6.48. The van der Waals surface area contributed by atoms with Gasteiger partial charge in [0, 0.05) is 12.6 Å². The molecular formula is C15H11F2N3O. The molecule has 2 amide bonds. The van der Waals surface area contributed by atoms with E-state index in [2.05, 4.69) is 10.6 Å². The van der Waals surface area contributed by atoms with E-state index in [0.29, 0.717) is 11.6 Å². The fourth-order valence-electron chi connectivity index (χ4n) is 1.64. The van der Waals surface area contributed by atoms with E-state index >= 15 is 0 Å². The van der Waals surface area contributed by atoms with Gasteiger partial charge in [0.2, 0.25) is 0 Å². The molecule has 2 aromatic rings. The lowest BCUT2D eigenvalue weighted by Crippen LogP contribution is -2.28. The first-order chi connectivity index (χ1) is 10.1. The second-order valence-electron chi connectivity index (χ2n) is 4.24. The van der Waals surface area contributed by atoms with Crippen molar-refractivity contribution in [1.82, 2.24) is 5.32 Å². The van der Waals surface area contributed by atoms with Crippen molar-refractivity contribution in [2.75, 3.05) is 5.32 Å². The van der Waals surface area contributed by atoms with Crippen molar-refractivity contribution in [2.24, 2.45) is 0 Å². The van der Waals surface area contributed by atoms with Crippen LogP contribution in [0.15, 0.2) is 42.5 Å². The van der Waals surface area contributed by atoms with Crippen molar-refractivity contribution in [3.63, 3.8) is 0 Å². The van der Waals surface area contributed by atoms with Crippen LogP contribution in [0.4, 0.5) is 19.3 Å². The highest BCUT2D eigenvalue weighted by Gasteiger charge is 2.07. The molecule has 0 atom stereocenters. The molecule has 0 radical (unpaired) electrons. The molecule has 0 heterocycles. The lowest BCUT2D eigenvalue weighted by Gasteiger charge is -2.08. The maximum atomic E-state index is 13.3. The maximum absolute atomic E-state index is 13.3. The predicted molar refractivity (Wildman–Crippen MR) is 73.4 cm³/mol. The molecular weight excluding hydrogens is 276 g/mol. The highest BCUT2D eigenvalue weighted by Crippen LogP contribution is 2.14. The Bertz CT molecular complexity index is 693. The molecule has 106 valence electrons. The number of anilines is 1. The number of halogens is 2. The molecule has 0 bridgehead atoms. The Morgan fingerprint density at radius 1 is 1.14 bits per heavy atom. The first kappa shape index (κ1) is 14.5. The van der Waals surface area contributed by atoms with E-state index in [1.54, 1.807) is 24.3 Å². The summed E-state index contributed by atoms with van der Waals surface area (Å²) in [5, 5.41) is 13.5. The van der Waals surface area contributed by atoms with Crippen molar-refractivity contribution in [2.45, 2.75) is 6.54 Å². The average molecular weight is 287 g/mol. The van der Waals surface area contributed by atoms with Gasteiger partial charge in [-0.15, -0.1) is 0 Å². The van der Waals surface area contributed by atoms with Gasteiger partial charge in [-0.3, -0.25) is 0 Å². The highest BCUT2D eigenvalue weighted by atomic mass is 19.1. The summed E-state index contributed by atoms with van der Waals surface area (Å²) in [6, 6.07) is 11.0. The molecule has 0 aliphatic carbocycles. The van der Waals surface area contributed by atoms with Crippen LogP contribution in [0, 0.1) is 23.0 Å². The van der Waals surface area contributed by atoms with Crippen molar-refractivity contribution >= 4 is 11.7 Å². The van der Waals surface area contributed by atoms with Crippen molar-refractivity contribution in [1.29, 1.82) is 5.26 Å². The Labute approximate surface area is 120 Å². The van der Waals surface area contributed by atoms with Crippen LogP contribution in [0.3, 0.4) is 0 Å². The summed E-state index contributed by atoms with van der Waals surface area (Å²) in [5.74, 6) is -1.56. The van der Waals surface area contributed by atoms with Gasteiger partial charge in [-0.2, -0.15) is 5.26 Å². The number of benzene rings is 2. The van der Waals surface area contributed by atoms with Crippen molar-refractivity contribution < 1.29 is 13.6 Å². The minimum atomic E-state index is -0.844. The molecule has 0 aromatic heterocycles. The normalized spacial score (nSPS) is 9.76. The highest BCUT2D eigenvalue weighted by molar-refractivity contribution is 5.89. The van der Waals surface area contributed by atoms with Crippen LogP contribution in [-0.4, -0.2) is 6.03 Å². The molecule has 0 unspecified atom stereocenters. The van der Waals surface area contributed by atoms with E-state index in [1.807, 2.05) is 6.07 Å². The number of carbonyl (C=O) groups is 1. The number of carbonyl (C=O) groups excluding carboxylic acids is 1. The average Bonchev–Trinajstić information content (AvgIpc) is 2.48. The van der Waals surface area contributed by atoms with Crippen LogP contribution in [0.2, 0.25) is 0 Å². The van der Waals surface area contributed by atoms with Gasteiger partial charge in [-0.1, -0.05) is 12.1 Å². The van der Waals surface area contributed by atoms with Crippen molar-refractivity contribution in [3.05, 3.63) is 65.2 Å². The van der Waals surface area contributed by atoms with Gasteiger partial charge in [0.25, 0.3) is 0 Å². The number of hydrogen-bond donors (Lipinski definition) is 2. The summed E-state index contributed by atoms with van der Waals surface area (Å²) in [6.45, 7) is 0.223. The first-order valence-corrected chi connectivity index (χ1v) is 6.07. The zero-order valence-electron chi connectivity index (χ0n) is 10.9. The number of nitrogens with zero attached hydrogens (tertiary/aromatic N) is 1. The lowest BCUT2D eigenvalue weighted by molar-refractivity contribution is 0.251. The smallest absolute Gasteiger partial charge is 0.319 e. The summed E-state index contributed by atoms with van der Waals surface area (Å²) < 4.78 is 26.1. The minimum Gasteiger partial charge on any atom is -0.334 e. The molecule has 2 N–H and O–H groups in total. The SMILES string of the molecule is N#Cc1ccc(CNC(=O)Nc2ccc(F)cc2F)cc1. The third kappa shape index (κ3) is 4.01. The van der Waals surface area contributed by atoms with Crippen LogP contribution in [0.5, 0.6) is 0 Å². The van der Waals surface area contributed by atoms with E-state index in [1.165, 1.54) is 0 Å². The van der Waals surface area contributed by atoms with Crippen molar-refractivity contribution in [3.8, 4) is 6.07 Å². The fourth-order valence-corrected chi connectivity index (χ4v) is 1.64. The van der Waals surface area contributed by atoms with Gasteiger partial charge in [0.05, 0.1) is 17.3 Å². The zero-order chi connectivity index (χ0) is 15.2. The molecule has 0 aliphatic rings. The number of urea groups is 1. The summed E-state index contributed by atoms with van der Waals surface area (Å²) in [7, 11) is 0. The quantitative estimate of drug-likeness (QED) is 0.910. The molecule has 21 heavy (non-hydrogen) atoms. The topological polar surface area (TPSA) is 64.9 Å². The maximum Gasteiger partial charge on any atom is 0.319 e. The Morgan fingerprint density at radius 3 is 2.48 bits per heavy atom. The van der Waals surface area contributed by atoms with Gasteiger partial charge in [0.15, 0.2) is 0 Å². The minimum absolute atomic E-state index is 0.103. The number of amides is 2. The second-order valence-corrected chi connectivity index (χ2v) is 4.24.